The van der Waals surface area contributed by atoms with Gasteiger partial charge in [-0.25, -0.2) is 4.98 Å². The second kappa shape index (κ2) is 9.97. The maximum atomic E-state index is 12.2. The van der Waals surface area contributed by atoms with Crippen molar-refractivity contribution in [1.29, 1.82) is 0 Å². The molecule has 0 aliphatic heterocycles. The number of imidazole rings is 1. The molecule has 0 radical (unpaired) electrons. The van der Waals surface area contributed by atoms with Crippen LogP contribution in [0.2, 0.25) is 23.2 Å². The lowest BCUT2D eigenvalue weighted by molar-refractivity contribution is 0.0998. The molecule has 36 heavy (non-hydrogen) atoms. The number of nitrogens with two attached hydrogens (primary N) is 1. The number of halogens is 1. The fraction of sp³-hybridized carbons (Fsp3) is 0.346. The zero-order valence-electron chi connectivity index (χ0n) is 21.3. The first-order chi connectivity index (χ1) is 16.9. The summed E-state index contributed by atoms with van der Waals surface area (Å²) in [6.45, 7) is 13.4. The fourth-order valence-electron chi connectivity index (χ4n) is 3.48. The lowest BCUT2D eigenvalue weighted by Crippen LogP contribution is -2.40. The van der Waals surface area contributed by atoms with Crippen LogP contribution >= 0.6 is 22.9 Å². The van der Waals surface area contributed by atoms with E-state index in [4.69, 9.17) is 26.5 Å². The van der Waals surface area contributed by atoms with E-state index in [0.29, 0.717) is 27.9 Å². The molecule has 3 aromatic heterocycles. The van der Waals surface area contributed by atoms with Crippen molar-refractivity contribution in [2.75, 3.05) is 0 Å². The molecule has 0 fully saturated rings. The fourth-order valence-corrected chi connectivity index (χ4v) is 5.66. The van der Waals surface area contributed by atoms with E-state index in [1.807, 2.05) is 47.9 Å². The second-order valence-corrected chi connectivity index (χ2v) is 16.5. The Morgan fingerprint density at radius 2 is 1.94 bits per heavy atom. The summed E-state index contributed by atoms with van der Waals surface area (Å²) < 4.78 is 14.5. The number of hydrogen-bond donors (Lipinski definition) is 1. The van der Waals surface area contributed by atoms with E-state index in [2.05, 4.69) is 43.8 Å². The average molecular weight is 543 g/mol. The summed E-state index contributed by atoms with van der Waals surface area (Å²) in [7, 11) is -1.92. The first kappa shape index (κ1) is 26.3. The van der Waals surface area contributed by atoms with Crippen molar-refractivity contribution < 1.29 is 14.0 Å². The molecule has 4 rings (SSSR count). The smallest absolute Gasteiger partial charge is 0.262 e. The molecule has 1 amide bonds. The van der Waals surface area contributed by atoms with Crippen molar-refractivity contribution in [2.24, 2.45) is 5.73 Å². The van der Waals surface area contributed by atoms with Gasteiger partial charge < -0.3 is 14.9 Å². The molecule has 1 unspecified atom stereocenters. The number of carbonyl (C=O) groups excluding carboxylic acids is 1. The van der Waals surface area contributed by atoms with Gasteiger partial charge in [-0.1, -0.05) is 50.6 Å². The highest BCUT2D eigenvalue weighted by Crippen LogP contribution is 2.39. The molecular formula is C26H31ClN4O3SSi. The van der Waals surface area contributed by atoms with Gasteiger partial charge in [0.15, 0.2) is 14.0 Å². The van der Waals surface area contributed by atoms with E-state index >= 15 is 0 Å². The topological polar surface area (TPSA) is 91.7 Å². The molecule has 0 aliphatic rings. The molecule has 0 saturated carbocycles. The van der Waals surface area contributed by atoms with Gasteiger partial charge in [0, 0.05) is 22.8 Å². The summed E-state index contributed by atoms with van der Waals surface area (Å²) in [5.41, 5.74) is 8.84. The lowest BCUT2D eigenvalue weighted by Gasteiger charge is -2.36. The van der Waals surface area contributed by atoms with Gasteiger partial charge >= 0.3 is 0 Å². The monoisotopic (exact) mass is 542 g/mol. The summed E-state index contributed by atoms with van der Waals surface area (Å²) in [6.07, 6.45) is 5.05. The number of rotatable bonds is 8. The summed E-state index contributed by atoms with van der Waals surface area (Å²) >= 11 is 7.61. The SMILES string of the molecule is CC(Oc1cc(-c2cnc3cnc(CO[Si](C)(C)C(C)(C)C)cn23)sc1C(N)=O)c1ccccc1Cl. The lowest BCUT2D eigenvalue weighted by atomic mass is 10.1. The van der Waals surface area contributed by atoms with Crippen LogP contribution in [-0.4, -0.2) is 28.6 Å². The van der Waals surface area contributed by atoms with Crippen LogP contribution < -0.4 is 10.5 Å². The van der Waals surface area contributed by atoms with Crippen LogP contribution in [0.25, 0.3) is 16.2 Å². The Kier molecular flexibility index (Phi) is 7.30. The van der Waals surface area contributed by atoms with Gasteiger partial charge in [0.25, 0.3) is 5.91 Å². The van der Waals surface area contributed by atoms with Crippen LogP contribution in [-0.2, 0) is 11.0 Å². The van der Waals surface area contributed by atoms with Crippen LogP contribution in [0.3, 0.4) is 0 Å². The number of benzene rings is 1. The van der Waals surface area contributed by atoms with Crippen molar-refractivity contribution in [2.45, 2.75) is 58.5 Å². The quantitative estimate of drug-likeness (QED) is 0.245. The van der Waals surface area contributed by atoms with Crippen molar-refractivity contribution in [3.05, 3.63) is 70.1 Å². The molecule has 1 atom stereocenters. The first-order valence-corrected chi connectivity index (χ1v) is 15.8. The average Bonchev–Trinajstić information content (AvgIpc) is 3.41. The molecule has 0 bridgehead atoms. The number of amides is 1. The van der Waals surface area contributed by atoms with Crippen molar-refractivity contribution in [1.82, 2.24) is 14.4 Å². The number of fused-ring (bicyclic) bond motifs is 1. The van der Waals surface area contributed by atoms with E-state index in [1.165, 1.54) is 11.3 Å². The summed E-state index contributed by atoms with van der Waals surface area (Å²) in [5, 5.41) is 0.708. The third-order valence-electron chi connectivity index (χ3n) is 6.66. The molecule has 2 N–H and O–H groups in total. The normalized spacial score (nSPS) is 13.2. The summed E-state index contributed by atoms with van der Waals surface area (Å²) in [4.78, 5) is 22.4. The maximum absolute atomic E-state index is 12.2. The first-order valence-electron chi connectivity index (χ1n) is 11.7. The van der Waals surface area contributed by atoms with Gasteiger partial charge in [-0.3, -0.25) is 14.2 Å². The van der Waals surface area contributed by atoms with Crippen LogP contribution in [0, 0.1) is 0 Å². The van der Waals surface area contributed by atoms with Gasteiger partial charge in [0.05, 0.1) is 35.3 Å². The zero-order chi connectivity index (χ0) is 26.3. The summed E-state index contributed by atoms with van der Waals surface area (Å²) in [6, 6.07) is 9.29. The predicted molar refractivity (Wildman–Crippen MR) is 147 cm³/mol. The number of hydrogen-bond acceptors (Lipinski definition) is 6. The van der Waals surface area contributed by atoms with Gasteiger partial charge in [-0.2, -0.15) is 0 Å². The number of nitrogens with zero attached hydrogens (tertiary/aromatic N) is 3. The standard InChI is InChI=1S/C26H31ClN4O3SSi/c1-16(18-9-7-8-10-19(18)27)34-21-11-22(35-24(21)25(28)32)20-12-30-23-13-29-17(14-31(20)23)15-33-36(5,6)26(2,3)4/h7-14,16H,15H2,1-6H3,(H2,28,32). The molecule has 0 spiro atoms. The van der Waals surface area contributed by atoms with Crippen molar-refractivity contribution >= 4 is 42.8 Å². The number of aromatic nitrogens is 3. The molecule has 190 valence electrons. The van der Waals surface area contributed by atoms with Crippen molar-refractivity contribution in [3.8, 4) is 16.3 Å². The Bertz CT molecular complexity index is 1410. The maximum Gasteiger partial charge on any atom is 0.262 e. The van der Waals surface area contributed by atoms with Crippen LogP contribution in [0.4, 0.5) is 0 Å². The Balaban J connectivity index is 1.65. The third kappa shape index (κ3) is 5.34. The minimum Gasteiger partial charge on any atom is -0.484 e. The molecule has 4 aromatic rings. The molecule has 0 saturated heterocycles. The van der Waals surface area contributed by atoms with Gasteiger partial charge in [-0.05, 0) is 31.1 Å². The van der Waals surface area contributed by atoms with E-state index < -0.39 is 14.2 Å². The molecule has 10 heteroatoms. The minimum absolute atomic E-state index is 0.108. The number of thiophene rings is 1. The van der Waals surface area contributed by atoms with E-state index in [0.717, 1.165) is 21.8 Å². The third-order valence-corrected chi connectivity index (χ3v) is 12.6. The Morgan fingerprint density at radius 3 is 2.61 bits per heavy atom. The number of carbonyl (C=O) groups is 1. The Hall–Kier alpha value is -2.72. The van der Waals surface area contributed by atoms with E-state index in [-0.39, 0.29) is 11.1 Å². The Morgan fingerprint density at radius 1 is 1.22 bits per heavy atom. The summed E-state index contributed by atoms with van der Waals surface area (Å²) in [5.74, 6) is -0.132. The van der Waals surface area contributed by atoms with Crippen LogP contribution in [0.1, 0.15) is 54.7 Å². The highest BCUT2D eigenvalue weighted by molar-refractivity contribution is 7.17. The molecular weight excluding hydrogens is 512 g/mol. The molecule has 1 aromatic carbocycles. The van der Waals surface area contributed by atoms with Gasteiger partial charge in [-0.15, -0.1) is 11.3 Å². The Labute approximate surface area is 221 Å². The molecule has 7 nitrogen and oxygen atoms in total. The molecule has 0 aliphatic carbocycles. The van der Waals surface area contributed by atoms with Crippen LogP contribution in [0.15, 0.2) is 48.9 Å². The highest BCUT2D eigenvalue weighted by atomic mass is 35.5. The number of ether oxygens (including phenoxy) is 1. The van der Waals surface area contributed by atoms with Crippen LogP contribution in [0.5, 0.6) is 5.75 Å². The number of primary amides is 1. The van der Waals surface area contributed by atoms with E-state index in [1.54, 1.807) is 12.4 Å². The predicted octanol–water partition coefficient (Wildman–Crippen LogP) is 6.87. The van der Waals surface area contributed by atoms with Gasteiger partial charge in [0.1, 0.15) is 16.7 Å². The van der Waals surface area contributed by atoms with Crippen molar-refractivity contribution in [3.63, 3.8) is 0 Å². The minimum atomic E-state index is -1.92. The zero-order valence-corrected chi connectivity index (χ0v) is 23.9. The highest BCUT2D eigenvalue weighted by Gasteiger charge is 2.37. The molecule has 3 heterocycles. The largest absolute Gasteiger partial charge is 0.484 e. The van der Waals surface area contributed by atoms with E-state index in [9.17, 15) is 4.79 Å². The second-order valence-electron chi connectivity index (χ2n) is 10.2. The van der Waals surface area contributed by atoms with Gasteiger partial charge in [0.2, 0.25) is 0 Å².